The van der Waals surface area contributed by atoms with Crippen LogP contribution in [0, 0.1) is 5.92 Å². The van der Waals surface area contributed by atoms with E-state index < -0.39 is 12.1 Å². The first-order valence-corrected chi connectivity index (χ1v) is 10.1. The minimum atomic E-state index is -2.86. The van der Waals surface area contributed by atoms with E-state index in [2.05, 4.69) is 38.6 Å². The number of hydrazine groups is 1. The van der Waals surface area contributed by atoms with Gasteiger partial charge in [-0.3, -0.25) is 9.78 Å². The van der Waals surface area contributed by atoms with Crippen molar-refractivity contribution >= 4 is 27.4 Å². The molecule has 1 aromatic rings. The zero-order valence-electron chi connectivity index (χ0n) is 15.4. The number of nitrogens with one attached hydrogen (secondary N) is 2. The number of nitrogens with zero attached hydrogens (tertiary/aromatic N) is 2. The Labute approximate surface area is 170 Å². The molecule has 2 unspecified atom stereocenters. The van der Waals surface area contributed by atoms with Gasteiger partial charge in [0, 0.05) is 35.4 Å². The lowest BCUT2D eigenvalue weighted by Crippen LogP contribution is -2.50. The predicted octanol–water partition coefficient (Wildman–Crippen LogP) is 3.77. The van der Waals surface area contributed by atoms with Crippen LogP contribution in [0.5, 0.6) is 0 Å². The monoisotopic (exact) mass is 450 g/mol. The third-order valence-electron chi connectivity index (χ3n) is 5.28. The molecule has 1 fully saturated rings. The molecule has 8 heteroatoms. The maximum absolute atomic E-state index is 14.0. The van der Waals surface area contributed by atoms with Crippen molar-refractivity contribution < 1.29 is 13.6 Å². The Balaban J connectivity index is 1.50. The van der Waals surface area contributed by atoms with E-state index in [1.165, 1.54) is 11.1 Å². The summed E-state index contributed by atoms with van der Waals surface area (Å²) in [5, 5.41) is 4.25. The molecule has 28 heavy (non-hydrogen) atoms. The Morgan fingerprint density at radius 2 is 2.25 bits per heavy atom. The number of allylic oxidation sites excluding steroid dienone is 3. The van der Waals surface area contributed by atoms with Crippen molar-refractivity contribution in [3.8, 4) is 0 Å². The molecular formula is C20H21BrF2N4O. The van der Waals surface area contributed by atoms with Crippen molar-refractivity contribution in [2.75, 3.05) is 6.54 Å². The summed E-state index contributed by atoms with van der Waals surface area (Å²) in [6, 6.07) is 1.97. The Hall–Kier alpha value is -2.06. The molecule has 0 radical (unpaired) electrons. The minimum Gasteiger partial charge on any atom is -0.332 e. The van der Waals surface area contributed by atoms with Gasteiger partial charge in [0.25, 0.3) is 11.8 Å². The van der Waals surface area contributed by atoms with Crippen LogP contribution in [0.3, 0.4) is 0 Å². The van der Waals surface area contributed by atoms with E-state index in [1.807, 2.05) is 18.2 Å². The second kappa shape index (κ2) is 7.40. The zero-order chi connectivity index (χ0) is 19.9. The number of pyridine rings is 1. The van der Waals surface area contributed by atoms with E-state index in [1.54, 1.807) is 12.4 Å². The molecule has 1 saturated heterocycles. The number of carbonyl (C=O) groups excluding carboxylic acids is 1. The largest absolute Gasteiger partial charge is 0.332 e. The number of aromatic nitrogens is 1. The van der Waals surface area contributed by atoms with Gasteiger partial charge in [-0.25, -0.2) is 5.43 Å². The number of amides is 1. The smallest absolute Gasteiger partial charge is 0.288 e. The Morgan fingerprint density at radius 1 is 1.43 bits per heavy atom. The van der Waals surface area contributed by atoms with Gasteiger partial charge in [-0.15, -0.1) is 0 Å². The highest BCUT2D eigenvalue weighted by molar-refractivity contribution is 9.10. The molecule has 3 aliphatic rings. The van der Waals surface area contributed by atoms with Crippen LogP contribution >= 0.6 is 15.9 Å². The lowest BCUT2D eigenvalue weighted by Gasteiger charge is -2.33. The van der Waals surface area contributed by atoms with Gasteiger partial charge >= 0.3 is 0 Å². The maximum Gasteiger partial charge on any atom is 0.288 e. The van der Waals surface area contributed by atoms with E-state index in [0.29, 0.717) is 18.5 Å². The summed E-state index contributed by atoms with van der Waals surface area (Å²) in [6.45, 7) is 2.61. The van der Waals surface area contributed by atoms with Crippen LogP contribution < -0.4 is 10.7 Å². The molecule has 2 aliphatic heterocycles. The number of fused-ring (bicyclic) bond motifs is 1. The first kappa shape index (κ1) is 19.3. The van der Waals surface area contributed by atoms with Crippen molar-refractivity contribution in [2.24, 2.45) is 5.92 Å². The van der Waals surface area contributed by atoms with Gasteiger partial charge in [0.05, 0.1) is 5.70 Å². The average Bonchev–Trinajstić information content (AvgIpc) is 3.06. The number of alkyl halides is 2. The fourth-order valence-corrected chi connectivity index (χ4v) is 4.17. The number of carbonyl (C=O) groups is 1. The van der Waals surface area contributed by atoms with Gasteiger partial charge in [-0.2, -0.15) is 8.78 Å². The van der Waals surface area contributed by atoms with E-state index in [4.69, 9.17) is 0 Å². The summed E-state index contributed by atoms with van der Waals surface area (Å²) in [6.07, 6.45) is 8.98. The van der Waals surface area contributed by atoms with Gasteiger partial charge in [-0.05, 0) is 64.0 Å². The quantitative estimate of drug-likeness (QED) is 0.735. The highest BCUT2D eigenvalue weighted by atomic mass is 79.9. The van der Waals surface area contributed by atoms with Crippen LogP contribution in [0.4, 0.5) is 8.78 Å². The van der Waals surface area contributed by atoms with E-state index in [0.717, 1.165) is 22.0 Å². The highest BCUT2D eigenvalue weighted by Gasteiger charge is 2.44. The first-order chi connectivity index (χ1) is 13.3. The summed E-state index contributed by atoms with van der Waals surface area (Å²) in [7, 11) is 0. The standard InChI is InChI=1S/C20H21BrF2N4O/c1-12-3-4-13(8-16(12)14-7-15(21)11-24-10-14)19(28)25-18-9-17-20(22,23)5-2-6-27(17)26-18/h4,7-12,18,26H,2-3,5-6H2,1H3,(H,25,28). The van der Waals surface area contributed by atoms with Gasteiger partial charge < -0.3 is 10.3 Å². The summed E-state index contributed by atoms with van der Waals surface area (Å²) in [4.78, 5) is 16.9. The summed E-state index contributed by atoms with van der Waals surface area (Å²) in [5.41, 5.74) is 5.41. The number of hydrogen-bond acceptors (Lipinski definition) is 4. The molecule has 3 heterocycles. The molecule has 0 aromatic carbocycles. The molecule has 0 saturated carbocycles. The number of hydrogen-bond donors (Lipinski definition) is 2. The second-order valence-electron chi connectivity index (χ2n) is 7.38. The van der Waals surface area contributed by atoms with Gasteiger partial charge in [0.15, 0.2) is 0 Å². The Bertz CT molecular complexity index is 896. The number of piperidine rings is 1. The van der Waals surface area contributed by atoms with Crippen molar-refractivity contribution in [2.45, 2.75) is 38.3 Å². The number of rotatable bonds is 3. The molecule has 2 atom stereocenters. The Kier molecular flexibility index (Phi) is 5.09. The molecule has 4 rings (SSSR count). The predicted molar refractivity (Wildman–Crippen MR) is 106 cm³/mol. The molecule has 0 spiro atoms. The normalized spacial score (nSPS) is 26.1. The molecule has 2 N–H and O–H groups in total. The van der Waals surface area contributed by atoms with Crippen LogP contribution in [-0.4, -0.2) is 34.5 Å². The molecule has 1 amide bonds. The number of halogens is 3. The third kappa shape index (κ3) is 3.75. The summed E-state index contributed by atoms with van der Waals surface area (Å²) < 4.78 is 29.0. The minimum absolute atomic E-state index is 0.0493. The van der Waals surface area contributed by atoms with Crippen molar-refractivity contribution in [1.82, 2.24) is 20.7 Å². The van der Waals surface area contributed by atoms with Gasteiger partial charge in [-0.1, -0.05) is 13.0 Å². The van der Waals surface area contributed by atoms with Gasteiger partial charge in [0.2, 0.25) is 0 Å². The summed E-state index contributed by atoms with van der Waals surface area (Å²) >= 11 is 3.43. The maximum atomic E-state index is 14.0. The zero-order valence-corrected chi connectivity index (χ0v) is 17.0. The molecule has 1 aliphatic carbocycles. The SMILES string of the molecule is CC1CC=C(C(=O)NC2C=C3N(CCCC3(F)F)N2)C=C1c1cncc(Br)c1. The van der Waals surface area contributed by atoms with Crippen LogP contribution in [0.15, 0.2) is 52.4 Å². The lowest BCUT2D eigenvalue weighted by atomic mass is 9.86. The third-order valence-corrected chi connectivity index (χ3v) is 5.71. The van der Waals surface area contributed by atoms with E-state index in [9.17, 15) is 13.6 Å². The average molecular weight is 451 g/mol. The van der Waals surface area contributed by atoms with Crippen molar-refractivity contribution in [3.63, 3.8) is 0 Å². The fourth-order valence-electron chi connectivity index (χ4n) is 3.81. The van der Waals surface area contributed by atoms with Crippen LogP contribution in [0.2, 0.25) is 0 Å². The van der Waals surface area contributed by atoms with E-state index >= 15 is 0 Å². The van der Waals surface area contributed by atoms with Crippen LogP contribution in [0.1, 0.15) is 31.7 Å². The van der Waals surface area contributed by atoms with E-state index in [-0.39, 0.29) is 23.9 Å². The fraction of sp³-hybridized carbons (Fsp3) is 0.400. The topological polar surface area (TPSA) is 57.3 Å². The van der Waals surface area contributed by atoms with Crippen LogP contribution in [-0.2, 0) is 4.79 Å². The van der Waals surface area contributed by atoms with Crippen molar-refractivity contribution in [1.29, 1.82) is 0 Å². The lowest BCUT2D eigenvalue weighted by molar-refractivity contribution is -0.118. The van der Waals surface area contributed by atoms with Crippen LogP contribution in [0.25, 0.3) is 5.57 Å². The highest BCUT2D eigenvalue weighted by Crippen LogP contribution is 2.37. The van der Waals surface area contributed by atoms with Gasteiger partial charge in [0.1, 0.15) is 6.17 Å². The van der Waals surface area contributed by atoms with Crippen molar-refractivity contribution in [3.05, 3.63) is 58.0 Å². The molecule has 5 nitrogen and oxygen atoms in total. The molecule has 148 valence electrons. The molecular weight excluding hydrogens is 430 g/mol. The summed E-state index contributed by atoms with van der Waals surface area (Å²) in [5.74, 6) is -2.89. The second-order valence-corrected chi connectivity index (χ2v) is 8.30. The Morgan fingerprint density at radius 3 is 3.00 bits per heavy atom. The molecule has 1 aromatic heterocycles. The first-order valence-electron chi connectivity index (χ1n) is 9.31. The molecule has 0 bridgehead atoms.